The molecule has 0 bridgehead atoms. The van der Waals surface area contributed by atoms with Gasteiger partial charge in [-0.05, 0) is 29.8 Å². The number of hydrogen-bond acceptors (Lipinski definition) is 5. The Morgan fingerprint density at radius 1 is 1.12 bits per heavy atom. The van der Waals surface area contributed by atoms with Crippen molar-refractivity contribution < 1.29 is 18.3 Å². The fraction of sp³-hybridized carbons (Fsp3) is 0.188. The van der Waals surface area contributed by atoms with Crippen LogP contribution in [-0.2, 0) is 14.8 Å². The molecule has 1 heterocycles. The largest absolute Gasteiger partial charge is 0.454 e. The third kappa shape index (κ3) is 3.53. The maximum atomic E-state index is 12.4. The van der Waals surface area contributed by atoms with Crippen molar-refractivity contribution in [2.24, 2.45) is 4.99 Å². The molecule has 24 heavy (non-hydrogen) atoms. The van der Waals surface area contributed by atoms with Crippen LogP contribution in [0.2, 0.25) is 5.02 Å². The van der Waals surface area contributed by atoms with Crippen LogP contribution in [0.3, 0.4) is 0 Å². The molecule has 2 aromatic carbocycles. The number of rotatable bonds is 4. The van der Waals surface area contributed by atoms with Crippen LogP contribution in [0, 0.1) is 0 Å². The predicted molar refractivity (Wildman–Crippen MR) is 90.4 cm³/mol. The lowest BCUT2D eigenvalue weighted by Crippen LogP contribution is -2.31. The average molecular weight is 367 g/mol. The molecule has 2 atom stereocenters. The van der Waals surface area contributed by atoms with Crippen LogP contribution >= 0.6 is 11.6 Å². The number of hydrogen-bond donors (Lipinski definition) is 2. The summed E-state index contributed by atoms with van der Waals surface area (Å²) in [5.74, 6) is 0. The summed E-state index contributed by atoms with van der Waals surface area (Å²) >= 11 is 5.77. The first kappa shape index (κ1) is 16.8. The molecule has 8 heteroatoms. The summed E-state index contributed by atoms with van der Waals surface area (Å²) in [4.78, 5) is 4.16. The number of amidine groups is 1. The van der Waals surface area contributed by atoms with E-state index in [0.717, 1.165) is 5.56 Å². The molecule has 0 aromatic heterocycles. The molecule has 0 fully saturated rings. The van der Waals surface area contributed by atoms with Gasteiger partial charge in [-0.2, -0.15) is 0 Å². The highest BCUT2D eigenvalue weighted by Crippen LogP contribution is 2.28. The quantitative estimate of drug-likeness (QED) is 0.867. The first-order valence-electron chi connectivity index (χ1n) is 7.18. The van der Waals surface area contributed by atoms with Gasteiger partial charge in [0.1, 0.15) is 6.04 Å². The van der Waals surface area contributed by atoms with Crippen molar-refractivity contribution in [2.45, 2.75) is 17.0 Å². The van der Waals surface area contributed by atoms with E-state index in [1.165, 1.54) is 24.3 Å². The highest BCUT2D eigenvalue weighted by Gasteiger charge is 2.33. The van der Waals surface area contributed by atoms with Crippen LogP contribution in [0.25, 0.3) is 0 Å². The van der Waals surface area contributed by atoms with Crippen LogP contribution in [-0.4, -0.2) is 32.2 Å². The minimum absolute atomic E-state index is 0.0434. The van der Waals surface area contributed by atoms with Gasteiger partial charge in [0.2, 0.25) is 0 Å². The molecule has 2 aromatic rings. The molecule has 0 saturated carbocycles. The number of benzene rings is 2. The summed E-state index contributed by atoms with van der Waals surface area (Å²) in [7, 11) is -3.84. The highest BCUT2D eigenvalue weighted by molar-refractivity contribution is 7.90. The molecule has 126 valence electrons. The van der Waals surface area contributed by atoms with Gasteiger partial charge in [0, 0.05) is 5.02 Å². The van der Waals surface area contributed by atoms with Gasteiger partial charge < -0.3 is 9.84 Å². The Labute approximate surface area is 144 Å². The topological polar surface area (TPSA) is 88.0 Å². The normalized spacial score (nSPS) is 20.3. The summed E-state index contributed by atoms with van der Waals surface area (Å²) in [5, 5.41) is 9.92. The summed E-state index contributed by atoms with van der Waals surface area (Å²) < 4.78 is 32.6. The van der Waals surface area contributed by atoms with Crippen molar-refractivity contribution >= 4 is 27.6 Å². The van der Waals surface area contributed by atoms with E-state index in [-0.39, 0.29) is 17.5 Å². The van der Waals surface area contributed by atoms with Gasteiger partial charge in [0.15, 0.2) is 6.10 Å². The highest BCUT2D eigenvalue weighted by atomic mass is 35.5. The standard InChI is InChI=1S/C16H15ClN2O4S/c17-12-6-8-13(9-7-12)24(21,22)19-16-18-14(10-20)15(23-16)11-4-2-1-3-5-11/h1-9,14-15,20H,10H2,(H,18,19)/t14-,15-/m1/s1. The second kappa shape index (κ2) is 6.80. The Balaban J connectivity index is 1.79. The summed E-state index contributed by atoms with van der Waals surface area (Å²) in [6.45, 7) is -0.258. The summed E-state index contributed by atoms with van der Waals surface area (Å²) in [6, 6.07) is 14.2. The number of halogens is 1. The Kier molecular flexibility index (Phi) is 4.75. The number of aliphatic hydroxyl groups excluding tert-OH is 1. The molecular weight excluding hydrogens is 352 g/mol. The molecule has 1 aliphatic heterocycles. The van der Waals surface area contributed by atoms with Crippen molar-refractivity contribution in [3.8, 4) is 0 Å². The van der Waals surface area contributed by atoms with Crippen molar-refractivity contribution in [2.75, 3.05) is 6.61 Å². The minimum atomic E-state index is -3.84. The van der Waals surface area contributed by atoms with Crippen LogP contribution in [0.5, 0.6) is 0 Å². The number of aliphatic hydroxyl groups is 1. The minimum Gasteiger partial charge on any atom is -0.454 e. The fourth-order valence-corrected chi connectivity index (χ4v) is 3.42. The zero-order chi connectivity index (χ0) is 17.2. The van der Waals surface area contributed by atoms with Crippen LogP contribution in [0.4, 0.5) is 0 Å². The second-order valence-electron chi connectivity index (χ2n) is 5.19. The zero-order valence-electron chi connectivity index (χ0n) is 12.5. The van der Waals surface area contributed by atoms with Crippen LogP contribution in [0.1, 0.15) is 11.7 Å². The second-order valence-corrected chi connectivity index (χ2v) is 7.31. The van der Waals surface area contributed by atoms with E-state index >= 15 is 0 Å². The van der Waals surface area contributed by atoms with E-state index in [1.54, 1.807) is 0 Å². The molecule has 3 rings (SSSR count). The van der Waals surface area contributed by atoms with E-state index in [2.05, 4.69) is 9.71 Å². The van der Waals surface area contributed by atoms with Gasteiger partial charge in [0.05, 0.1) is 11.5 Å². The molecule has 1 aliphatic rings. The van der Waals surface area contributed by atoms with Gasteiger partial charge >= 0.3 is 0 Å². The number of nitrogens with zero attached hydrogens (tertiary/aromatic N) is 1. The van der Waals surface area contributed by atoms with Crippen LogP contribution in [0.15, 0.2) is 64.5 Å². The zero-order valence-corrected chi connectivity index (χ0v) is 14.0. The third-order valence-corrected chi connectivity index (χ3v) is 5.12. The van der Waals surface area contributed by atoms with Gasteiger partial charge in [0.25, 0.3) is 16.0 Å². The summed E-state index contributed by atoms with van der Waals surface area (Å²) in [5.41, 5.74) is 0.806. The first-order chi connectivity index (χ1) is 11.5. The lowest BCUT2D eigenvalue weighted by molar-refractivity contribution is 0.149. The molecule has 0 spiro atoms. The molecule has 0 amide bonds. The molecule has 0 unspecified atom stereocenters. The van der Waals surface area contributed by atoms with Gasteiger partial charge in [-0.3, -0.25) is 0 Å². The van der Waals surface area contributed by atoms with Gasteiger partial charge in [-0.1, -0.05) is 41.9 Å². The molecule has 2 N–H and O–H groups in total. The monoisotopic (exact) mass is 366 g/mol. The Hall–Kier alpha value is -2.09. The average Bonchev–Trinajstić information content (AvgIpc) is 2.98. The number of ether oxygens (including phenoxy) is 1. The van der Waals surface area contributed by atoms with Crippen molar-refractivity contribution in [3.05, 3.63) is 65.2 Å². The van der Waals surface area contributed by atoms with E-state index in [0.29, 0.717) is 5.02 Å². The predicted octanol–water partition coefficient (Wildman–Crippen LogP) is 2.11. The Morgan fingerprint density at radius 2 is 1.79 bits per heavy atom. The maximum Gasteiger partial charge on any atom is 0.300 e. The first-order valence-corrected chi connectivity index (χ1v) is 9.04. The number of aliphatic imine (C=N–C) groups is 1. The Bertz CT molecular complexity index is 838. The maximum absolute atomic E-state index is 12.4. The smallest absolute Gasteiger partial charge is 0.300 e. The molecular formula is C16H15ClN2O4S. The number of sulfonamides is 1. The van der Waals surface area contributed by atoms with Crippen molar-refractivity contribution in [3.63, 3.8) is 0 Å². The van der Waals surface area contributed by atoms with E-state index in [4.69, 9.17) is 16.3 Å². The van der Waals surface area contributed by atoms with E-state index in [9.17, 15) is 13.5 Å². The molecule has 0 radical (unpaired) electrons. The lowest BCUT2D eigenvalue weighted by Gasteiger charge is -2.16. The third-order valence-electron chi connectivity index (χ3n) is 3.53. The van der Waals surface area contributed by atoms with Crippen molar-refractivity contribution in [1.82, 2.24) is 4.72 Å². The summed E-state index contributed by atoms with van der Waals surface area (Å²) in [6.07, 6.45) is -0.542. The lowest BCUT2D eigenvalue weighted by atomic mass is 10.0. The fourth-order valence-electron chi connectivity index (χ4n) is 2.36. The molecule has 0 aliphatic carbocycles. The van der Waals surface area contributed by atoms with Crippen molar-refractivity contribution in [1.29, 1.82) is 0 Å². The molecule has 0 saturated heterocycles. The van der Waals surface area contributed by atoms with E-state index < -0.39 is 22.2 Å². The Morgan fingerprint density at radius 3 is 2.42 bits per heavy atom. The molecule has 6 nitrogen and oxygen atoms in total. The SMILES string of the molecule is O=S(=O)(NC1=N[C@H](CO)[C@@H](c2ccccc2)O1)c1ccc(Cl)cc1. The van der Waals surface area contributed by atoms with Gasteiger partial charge in [-0.15, -0.1) is 0 Å². The van der Waals surface area contributed by atoms with Crippen LogP contribution < -0.4 is 4.72 Å². The van der Waals surface area contributed by atoms with E-state index in [1.807, 2.05) is 30.3 Å². The van der Waals surface area contributed by atoms with Gasteiger partial charge in [-0.25, -0.2) is 18.1 Å². The number of nitrogens with one attached hydrogen (secondary N) is 1.